The number of nitrogens with one attached hydrogen (secondary N) is 1. The van der Waals surface area contributed by atoms with Crippen molar-refractivity contribution in [3.05, 3.63) is 35.4 Å². The van der Waals surface area contributed by atoms with E-state index < -0.39 is 11.7 Å². The minimum absolute atomic E-state index is 0.160. The van der Waals surface area contributed by atoms with Crippen molar-refractivity contribution in [2.45, 2.75) is 45.5 Å². The second kappa shape index (κ2) is 7.34. The summed E-state index contributed by atoms with van der Waals surface area (Å²) in [5.74, 6) is 0.443. The lowest BCUT2D eigenvalue weighted by Gasteiger charge is -2.37. The molecule has 0 spiro atoms. The highest BCUT2D eigenvalue weighted by Gasteiger charge is 2.31. The van der Waals surface area contributed by atoms with Gasteiger partial charge in [-0.1, -0.05) is 32.0 Å². The molecular formula is C17H23F3N2O. The van der Waals surface area contributed by atoms with Crippen LogP contribution in [-0.4, -0.2) is 29.9 Å². The minimum Gasteiger partial charge on any atom is -0.342 e. The van der Waals surface area contributed by atoms with E-state index in [0.717, 1.165) is 12.5 Å². The highest BCUT2D eigenvalue weighted by atomic mass is 19.4. The van der Waals surface area contributed by atoms with Crippen molar-refractivity contribution in [2.75, 3.05) is 13.1 Å². The number of carbonyl (C=O) groups excluding carboxylic acids is 1. The maximum Gasteiger partial charge on any atom is 0.416 e. The van der Waals surface area contributed by atoms with Crippen LogP contribution in [0.15, 0.2) is 24.3 Å². The normalized spacial score (nSPS) is 22.2. The number of hydrogen-bond donors (Lipinski definition) is 1. The van der Waals surface area contributed by atoms with Crippen LogP contribution in [-0.2, 0) is 17.5 Å². The van der Waals surface area contributed by atoms with Crippen LogP contribution in [0.2, 0.25) is 0 Å². The maximum absolute atomic E-state index is 12.7. The number of halogens is 3. The topological polar surface area (TPSA) is 32.3 Å². The van der Waals surface area contributed by atoms with Crippen LogP contribution >= 0.6 is 0 Å². The Morgan fingerprint density at radius 2 is 2.13 bits per heavy atom. The summed E-state index contributed by atoms with van der Waals surface area (Å²) >= 11 is 0. The van der Waals surface area contributed by atoms with E-state index in [1.54, 1.807) is 6.07 Å². The number of nitrogens with zero attached hydrogens (tertiary/aromatic N) is 1. The first-order valence-corrected chi connectivity index (χ1v) is 7.98. The number of rotatable bonds is 4. The van der Waals surface area contributed by atoms with Crippen LogP contribution in [0, 0.1) is 5.92 Å². The van der Waals surface area contributed by atoms with E-state index >= 15 is 0 Å². The summed E-state index contributed by atoms with van der Waals surface area (Å²) in [6.45, 7) is 5.73. The molecule has 1 N–H and O–H groups in total. The molecule has 1 amide bonds. The van der Waals surface area contributed by atoms with Gasteiger partial charge in [0, 0.05) is 32.1 Å². The molecule has 1 fully saturated rings. The van der Waals surface area contributed by atoms with Gasteiger partial charge in [-0.3, -0.25) is 4.79 Å². The van der Waals surface area contributed by atoms with Crippen LogP contribution in [0.3, 0.4) is 0 Å². The fraction of sp³-hybridized carbons (Fsp3) is 0.588. The Kier molecular flexibility index (Phi) is 5.68. The number of hydrogen-bond acceptors (Lipinski definition) is 2. The summed E-state index contributed by atoms with van der Waals surface area (Å²) in [5.41, 5.74) is 0.00676. The van der Waals surface area contributed by atoms with E-state index in [2.05, 4.69) is 12.2 Å². The predicted molar refractivity (Wildman–Crippen MR) is 82.7 cm³/mol. The lowest BCUT2D eigenvalue weighted by atomic mass is 9.93. The summed E-state index contributed by atoms with van der Waals surface area (Å²) in [4.78, 5) is 13.6. The number of piperidine rings is 1. The zero-order chi connectivity index (χ0) is 17.0. The third kappa shape index (κ3) is 4.70. The van der Waals surface area contributed by atoms with E-state index in [0.29, 0.717) is 31.6 Å². The molecule has 1 aliphatic rings. The largest absolute Gasteiger partial charge is 0.416 e. The molecule has 0 aliphatic carbocycles. The molecule has 3 nitrogen and oxygen atoms in total. The number of likely N-dealkylation sites (tertiary alicyclic amines) is 1. The Morgan fingerprint density at radius 1 is 1.39 bits per heavy atom. The van der Waals surface area contributed by atoms with Gasteiger partial charge in [-0.25, -0.2) is 0 Å². The molecule has 128 valence electrons. The summed E-state index contributed by atoms with van der Waals surface area (Å²) in [6, 6.07) is 5.62. The molecule has 0 aromatic heterocycles. The first-order chi connectivity index (χ1) is 10.8. The van der Waals surface area contributed by atoms with E-state index in [-0.39, 0.29) is 17.9 Å². The first-order valence-electron chi connectivity index (χ1n) is 7.98. The highest BCUT2D eigenvalue weighted by Crippen LogP contribution is 2.29. The number of alkyl halides is 3. The quantitative estimate of drug-likeness (QED) is 0.918. The molecule has 6 heteroatoms. The molecule has 0 saturated carbocycles. The second-order valence-electron chi connectivity index (χ2n) is 6.14. The molecule has 0 bridgehead atoms. The smallest absolute Gasteiger partial charge is 0.342 e. The van der Waals surface area contributed by atoms with Gasteiger partial charge in [0.1, 0.15) is 0 Å². The lowest BCUT2D eigenvalue weighted by molar-refractivity contribution is -0.137. The van der Waals surface area contributed by atoms with E-state index in [1.165, 1.54) is 12.1 Å². The zero-order valence-corrected chi connectivity index (χ0v) is 13.5. The van der Waals surface area contributed by atoms with Gasteiger partial charge in [-0.2, -0.15) is 13.2 Å². The number of amides is 1. The molecule has 2 atom stereocenters. The van der Waals surface area contributed by atoms with Gasteiger partial charge in [-0.05, 0) is 24.0 Å². The Bertz CT molecular complexity index is 545. The molecule has 1 aliphatic heterocycles. The number of carbonyl (C=O) groups is 1. The summed E-state index contributed by atoms with van der Waals surface area (Å²) in [6.07, 6.45) is -2.98. The monoisotopic (exact) mass is 328 g/mol. The Balaban J connectivity index is 1.91. The Hall–Kier alpha value is -1.56. The average Bonchev–Trinajstić information content (AvgIpc) is 2.52. The maximum atomic E-state index is 12.7. The van der Waals surface area contributed by atoms with Gasteiger partial charge in [0.2, 0.25) is 5.91 Å². The van der Waals surface area contributed by atoms with Crippen molar-refractivity contribution in [1.82, 2.24) is 10.2 Å². The van der Waals surface area contributed by atoms with Gasteiger partial charge in [0.05, 0.1) is 5.56 Å². The number of benzene rings is 1. The second-order valence-corrected chi connectivity index (χ2v) is 6.14. The lowest BCUT2D eigenvalue weighted by Crippen LogP contribution is -2.49. The third-order valence-electron chi connectivity index (χ3n) is 4.38. The molecule has 2 rings (SSSR count). The SMILES string of the molecule is CCC(=O)N1CC[C@H](NCc2cccc(C(F)(F)F)c2)[C@@H](C)C1. The standard InChI is InChI=1S/C17H23F3N2O/c1-3-16(23)22-8-7-15(12(2)11-22)21-10-13-5-4-6-14(9-13)17(18,19)20/h4-6,9,12,15,21H,3,7-8,10-11H2,1-2H3/t12-,15-/m0/s1. The van der Waals surface area contributed by atoms with E-state index in [9.17, 15) is 18.0 Å². The van der Waals surface area contributed by atoms with E-state index in [1.807, 2.05) is 11.8 Å². The highest BCUT2D eigenvalue weighted by molar-refractivity contribution is 5.75. The van der Waals surface area contributed by atoms with Crippen LogP contribution in [0.1, 0.15) is 37.8 Å². The van der Waals surface area contributed by atoms with Gasteiger partial charge in [0.15, 0.2) is 0 Å². The Labute approximate surface area is 134 Å². The molecular weight excluding hydrogens is 305 g/mol. The van der Waals surface area contributed by atoms with Gasteiger partial charge in [0.25, 0.3) is 0 Å². The summed E-state index contributed by atoms with van der Waals surface area (Å²) < 4.78 is 38.2. The van der Waals surface area contributed by atoms with Crippen molar-refractivity contribution < 1.29 is 18.0 Å². The molecule has 0 radical (unpaired) electrons. The van der Waals surface area contributed by atoms with Crippen molar-refractivity contribution >= 4 is 5.91 Å². The van der Waals surface area contributed by atoms with Gasteiger partial charge in [-0.15, -0.1) is 0 Å². The van der Waals surface area contributed by atoms with Crippen molar-refractivity contribution in [3.63, 3.8) is 0 Å². The third-order valence-corrected chi connectivity index (χ3v) is 4.38. The molecule has 1 aromatic carbocycles. The van der Waals surface area contributed by atoms with Crippen LogP contribution in [0.25, 0.3) is 0 Å². The average molecular weight is 328 g/mol. The molecule has 23 heavy (non-hydrogen) atoms. The van der Waals surface area contributed by atoms with Gasteiger partial charge >= 0.3 is 6.18 Å². The minimum atomic E-state index is -4.31. The van der Waals surface area contributed by atoms with E-state index in [4.69, 9.17) is 0 Å². The fourth-order valence-electron chi connectivity index (χ4n) is 3.01. The molecule has 1 saturated heterocycles. The van der Waals surface area contributed by atoms with Crippen LogP contribution in [0.4, 0.5) is 13.2 Å². The van der Waals surface area contributed by atoms with Crippen LogP contribution in [0.5, 0.6) is 0 Å². The molecule has 0 unspecified atom stereocenters. The van der Waals surface area contributed by atoms with Crippen molar-refractivity contribution in [1.29, 1.82) is 0 Å². The predicted octanol–water partition coefficient (Wildman–Crippen LogP) is 3.44. The molecule has 1 aromatic rings. The fourth-order valence-corrected chi connectivity index (χ4v) is 3.01. The molecule has 1 heterocycles. The Morgan fingerprint density at radius 3 is 2.74 bits per heavy atom. The summed E-state index contributed by atoms with van der Waals surface area (Å²) in [5, 5.41) is 3.34. The van der Waals surface area contributed by atoms with Crippen molar-refractivity contribution in [3.8, 4) is 0 Å². The van der Waals surface area contributed by atoms with Crippen LogP contribution < -0.4 is 5.32 Å². The summed E-state index contributed by atoms with van der Waals surface area (Å²) in [7, 11) is 0. The van der Waals surface area contributed by atoms with Crippen molar-refractivity contribution in [2.24, 2.45) is 5.92 Å². The zero-order valence-electron chi connectivity index (χ0n) is 13.5. The first kappa shape index (κ1) is 17.8. The van der Waals surface area contributed by atoms with Gasteiger partial charge < -0.3 is 10.2 Å².